The number of ether oxygens (including phenoxy) is 1. The number of hydrogen-bond donors (Lipinski definition) is 0. The molecule has 1 aliphatic rings. The van der Waals surface area contributed by atoms with Gasteiger partial charge in [-0.2, -0.15) is 0 Å². The third-order valence-corrected chi connectivity index (χ3v) is 4.67. The average Bonchev–Trinajstić information content (AvgIpc) is 2.54. The molecule has 0 aliphatic carbocycles. The molecule has 1 aromatic carbocycles. The SMILES string of the molecule is COc1ccccc1CC1(C)SC(=O)C(C)C1=O. The first-order valence-electron chi connectivity index (χ1n) is 5.87. The summed E-state index contributed by atoms with van der Waals surface area (Å²) in [6.45, 7) is 3.53. The number of benzene rings is 1. The van der Waals surface area contributed by atoms with Crippen LogP contribution in [0.1, 0.15) is 19.4 Å². The summed E-state index contributed by atoms with van der Waals surface area (Å²) in [6.07, 6.45) is 0.524. The number of Topliss-reactive ketones (excluding diaryl/α,β-unsaturated/α-hetero) is 1. The highest BCUT2D eigenvalue weighted by Crippen LogP contribution is 2.42. The summed E-state index contributed by atoms with van der Waals surface area (Å²) in [4.78, 5) is 23.8. The Morgan fingerprint density at radius 2 is 2.00 bits per heavy atom. The maximum absolute atomic E-state index is 12.2. The van der Waals surface area contributed by atoms with E-state index < -0.39 is 10.7 Å². The van der Waals surface area contributed by atoms with Gasteiger partial charge in [0.1, 0.15) is 5.75 Å². The highest BCUT2D eigenvalue weighted by atomic mass is 32.2. The molecule has 0 bridgehead atoms. The zero-order valence-electron chi connectivity index (χ0n) is 10.7. The van der Waals surface area contributed by atoms with Crippen molar-refractivity contribution in [3.63, 3.8) is 0 Å². The van der Waals surface area contributed by atoms with Gasteiger partial charge in [-0.25, -0.2) is 0 Å². The molecular formula is C14H16O3S. The number of ketones is 1. The molecule has 1 aliphatic heterocycles. The third-order valence-electron chi connectivity index (χ3n) is 3.31. The standard InChI is InChI=1S/C14H16O3S/c1-9-12(15)14(2,18-13(9)16)8-10-6-4-5-7-11(10)17-3/h4-7,9H,8H2,1-3H3. The van der Waals surface area contributed by atoms with Gasteiger partial charge >= 0.3 is 0 Å². The Kier molecular flexibility index (Phi) is 3.48. The van der Waals surface area contributed by atoms with E-state index in [4.69, 9.17) is 4.74 Å². The summed E-state index contributed by atoms with van der Waals surface area (Å²) in [5, 5.41) is -0.0302. The number of methoxy groups -OCH3 is 1. The van der Waals surface area contributed by atoms with E-state index in [0.717, 1.165) is 23.1 Å². The predicted octanol–water partition coefficient (Wildman–Crippen LogP) is 2.48. The van der Waals surface area contributed by atoms with Crippen LogP contribution < -0.4 is 4.74 Å². The van der Waals surface area contributed by atoms with Crippen molar-refractivity contribution in [1.82, 2.24) is 0 Å². The Hall–Kier alpha value is -1.29. The van der Waals surface area contributed by atoms with Gasteiger partial charge in [0.05, 0.1) is 17.8 Å². The van der Waals surface area contributed by atoms with Crippen molar-refractivity contribution < 1.29 is 14.3 Å². The van der Waals surface area contributed by atoms with E-state index in [9.17, 15) is 9.59 Å². The van der Waals surface area contributed by atoms with Crippen molar-refractivity contribution in [1.29, 1.82) is 0 Å². The van der Waals surface area contributed by atoms with E-state index >= 15 is 0 Å². The van der Waals surface area contributed by atoms with Gasteiger partial charge in [-0.05, 0) is 31.9 Å². The lowest BCUT2D eigenvalue weighted by atomic mass is 9.90. The van der Waals surface area contributed by atoms with Crippen LogP contribution in [0.5, 0.6) is 5.75 Å². The Balaban J connectivity index is 2.29. The van der Waals surface area contributed by atoms with Crippen molar-refractivity contribution in [2.24, 2.45) is 5.92 Å². The minimum atomic E-state index is -0.662. The average molecular weight is 264 g/mol. The molecule has 2 unspecified atom stereocenters. The van der Waals surface area contributed by atoms with Crippen molar-refractivity contribution in [3.05, 3.63) is 29.8 Å². The fourth-order valence-corrected chi connectivity index (χ4v) is 3.49. The third kappa shape index (κ3) is 2.17. The molecule has 0 radical (unpaired) electrons. The Bertz CT molecular complexity index is 498. The van der Waals surface area contributed by atoms with E-state index in [2.05, 4.69) is 0 Å². The number of carbonyl (C=O) groups is 2. The topological polar surface area (TPSA) is 43.4 Å². The van der Waals surface area contributed by atoms with E-state index in [1.165, 1.54) is 0 Å². The first-order chi connectivity index (χ1) is 8.48. The van der Waals surface area contributed by atoms with Gasteiger partial charge in [-0.15, -0.1) is 0 Å². The highest BCUT2D eigenvalue weighted by Gasteiger charge is 2.48. The zero-order valence-corrected chi connectivity index (χ0v) is 11.5. The largest absolute Gasteiger partial charge is 0.496 e. The van der Waals surface area contributed by atoms with Crippen molar-refractivity contribution >= 4 is 22.7 Å². The summed E-state index contributed by atoms with van der Waals surface area (Å²) in [7, 11) is 1.61. The van der Waals surface area contributed by atoms with E-state index in [-0.39, 0.29) is 10.9 Å². The number of hydrogen-bond acceptors (Lipinski definition) is 4. The summed E-state index contributed by atoms with van der Waals surface area (Å²) < 4.78 is 4.62. The summed E-state index contributed by atoms with van der Waals surface area (Å²) in [5.41, 5.74) is 0.963. The zero-order chi connectivity index (χ0) is 13.3. The van der Waals surface area contributed by atoms with Crippen LogP contribution in [0.15, 0.2) is 24.3 Å². The summed E-state index contributed by atoms with van der Waals surface area (Å²) in [5.74, 6) is 0.289. The normalized spacial score (nSPS) is 27.6. The van der Waals surface area contributed by atoms with Crippen LogP contribution in [0.3, 0.4) is 0 Å². The second-order valence-corrected chi connectivity index (χ2v) is 6.23. The fraction of sp³-hybridized carbons (Fsp3) is 0.429. The van der Waals surface area contributed by atoms with Gasteiger partial charge in [0.15, 0.2) is 10.9 Å². The van der Waals surface area contributed by atoms with Crippen LogP contribution in [-0.4, -0.2) is 22.8 Å². The molecular weight excluding hydrogens is 248 g/mol. The molecule has 0 N–H and O–H groups in total. The molecule has 0 saturated carbocycles. The molecule has 4 heteroatoms. The number of carbonyl (C=O) groups excluding carboxylic acids is 2. The lowest BCUT2D eigenvalue weighted by molar-refractivity contribution is -0.127. The molecule has 1 saturated heterocycles. The minimum absolute atomic E-state index is 0.0170. The molecule has 96 valence electrons. The van der Waals surface area contributed by atoms with Crippen LogP contribution >= 0.6 is 11.8 Å². The Morgan fingerprint density at radius 3 is 2.56 bits per heavy atom. The first kappa shape index (κ1) is 13.1. The Morgan fingerprint density at radius 1 is 1.33 bits per heavy atom. The van der Waals surface area contributed by atoms with Crippen LogP contribution in [0.4, 0.5) is 0 Å². The van der Waals surface area contributed by atoms with Crippen molar-refractivity contribution in [3.8, 4) is 5.75 Å². The molecule has 0 amide bonds. The van der Waals surface area contributed by atoms with Gasteiger partial charge in [-0.1, -0.05) is 30.0 Å². The summed E-state index contributed by atoms with van der Waals surface area (Å²) in [6, 6.07) is 7.61. The Labute approximate surface area is 111 Å². The lowest BCUT2D eigenvalue weighted by Crippen LogP contribution is -2.32. The van der Waals surface area contributed by atoms with Crippen molar-refractivity contribution in [2.45, 2.75) is 25.0 Å². The van der Waals surface area contributed by atoms with Gasteiger partial charge in [0.2, 0.25) is 0 Å². The molecule has 2 rings (SSSR count). The molecule has 1 aromatic rings. The minimum Gasteiger partial charge on any atom is -0.496 e. The lowest BCUT2D eigenvalue weighted by Gasteiger charge is -2.21. The van der Waals surface area contributed by atoms with Crippen LogP contribution in [-0.2, 0) is 16.0 Å². The van der Waals surface area contributed by atoms with E-state index in [1.54, 1.807) is 14.0 Å². The number of para-hydroxylation sites is 1. The van der Waals surface area contributed by atoms with Crippen LogP contribution in [0.2, 0.25) is 0 Å². The fourth-order valence-electron chi connectivity index (χ4n) is 2.26. The monoisotopic (exact) mass is 264 g/mol. The maximum Gasteiger partial charge on any atom is 0.200 e. The van der Waals surface area contributed by atoms with E-state index in [1.807, 2.05) is 31.2 Å². The predicted molar refractivity (Wildman–Crippen MR) is 71.9 cm³/mol. The molecule has 3 nitrogen and oxygen atoms in total. The number of thioether (sulfide) groups is 1. The molecule has 2 atom stereocenters. The van der Waals surface area contributed by atoms with Gasteiger partial charge in [0, 0.05) is 0 Å². The smallest absolute Gasteiger partial charge is 0.200 e. The van der Waals surface area contributed by atoms with Crippen LogP contribution in [0.25, 0.3) is 0 Å². The molecule has 0 spiro atoms. The highest BCUT2D eigenvalue weighted by molar-refractivity contribution is 8.16. The molecule has 1 heterocycles. The maximum atomic E-state index is 12.2. The summed E-state index contributed by atoms with van der Waals surface area (Å²) >= 11 is 1.15. The quantitative estimate of drug-likeness (QED) is 0.787. The van der Waals surface area contributed by atoms with Gasteiger partial charge in [0.25, 0.3) is 0 Å². The van der Waals surface area contributed by atoms with Gasteiger partial charge < -0.3 is 4.74 Å². The molecule has 0 aromatic heterocycles. The second-order valence-electron chi connectivity index (χ2n) is 4.73. The van der Waals surface area contributed by atoms with Crippen LogP contribution in [0, 0.1) is 5.92 Å². The number of rotatable bonds is 3. The first-order valence-corrected chi connectivity index (χ1v) is 6.68. The molecule has 18 heavy (non-hydrogen) atoms. The molecule has 1 fully saturated rings. The second kappa shape index (κ2) is 4.76. The van der Waals surface area contributed by atoms with E-state index in [0.29, 0.717) is 6.42 Å². The van der Waals surface area contributed by atoms with Crippen molar-refractivity contribution in [2.75, 3.05) is 7.11 Å². The van der Waals surface area contributed by atoms with Gasteiger partial charge in [-0.3, -0.25) is 9.59 Å².